The van der Waals surface area contributed by atoms with Gasteiger partial charge >= 0.3 is 0 Å². The number of anilines is 1. The predicted octanol–water partition coefficient (Wildman–Crippen LogP) is 1.45. The van der Waals surface area contributed by atoms with E-state index in [4.69, 9.17) is 11.2 Å². The zero-order valence-corrected chi connectivity index (χ0v) is 12.6. The fraction of sp³-hybridized carbons (Fsp3) is 0.500. The highest BCUT2D eigenvalue weighted by Crippen LogP contribution is 2.24. The molecular formula is C16H21N3O2. The number of aromatic nitrogens is 1. The van der Waals surface area contributed by atoms with E-state index in [9.17, 15) is 4.79 Å². The van der Waals surface area contributed by atoms with Gasteiger partial charge in [-0.1, -0.05) is 12.8 Å². The van der Waals surface area contributed by atoms with E-state index in [0.717, 1.165) is 25.3 Å². The third-order valence-corrected chi connectivity index (χ3v) is 3.77. The summed E-state index contributed by atoms with van der Waals surface area (Å²) >= 11 is 0. The Morgan fingerprint density at radius 2 is 2.43 bits per heavy atom. The zero-order valence-electron chi connectivity index (χ0n) is 12.6. The van der Waals surface area contributed by atoms with Crippen molar-refractivity contribution in [1.82, 2.24) is 10.3 Å². The molecule has 112 valence electrons. The number of terminal acetylenes is 1. The molecule has 1 unspecified atom stereocenters. The molecule has 0 aliphatic carbocycles. The SMILES string of the molecule is C#CCNC(=O)c1ccc(N2CCOC(C)(CC)C2)nc1. The first-order valence-electron chi connectivity index (χ1n) is 7.14. The highest BCUT2D eigenvalue weighted by molar-refractivity contribution is 5.94. The molecule has 5 nitrogen and oxygen atoms in total. The first-order chi connectivity index (χ1) is 10.1. The lowest BCUT2D eigenvalue weighted by molar-refractivity contribution is -0.0443. The number of rotatable bonds is 4. The van der Waals surface area contributed by atoms with Crippen LogP contribution >= 0.6 is 0 Å². The minimum atomic E-state index is -0.202. The van der Waals surface area contributed by atoms with Crippen LogP contribution in [0.25, 0.3) is 0 Å². The Kier molecular flexibility index (Phi) is 4.81. The standard InChI is InChI=1S/C16H21N3O2/c1-4-8-17-15(20)13-6-7-14(18-11-13)19-9-10-21-16(3,5-2)12-19/h1,6-7,11H,5,8-10,12H2,2-3H3,(H,17,20). The molecule has 0 radical (unpaired) electrons. The van der Waals surface area contributed by atoms with Gasteiger partial charge in [0.05, 0.1) is 24.3 Å². The van der Waals surface area contributed by atoms with Gasteiger partial charge in [0.1, 0.15) is 5.82 Å². The molecule has 1 fully saturated rings. The van der Waals surface area contributed by atoms with E-state index in [2.05, 4.69) is 35.0 Å². The Morgan fingerprint density at radius 1 is 1.62 bits per heavy atom. The van der Waals surface area contributed by atoms with Crippen LogP contribution in [0.15, 0.2) is 18.3 Å². The van der Waals surface area contributed by atoms with E-state index < -0.39 is 0 Å². The Bertz CT molecular complexity index is 535. The summed E-state index contributed by atoms with van der Waals surface area (Å²) in [6, 6.07) is 3.64. The van der Waals surface area contributed by atoms with Crippen molar-refractivity contribution in [2.45, 2.75) is 25.9 Å². The summed E-state index contributed by atoms with van der Waals surface area (Å²) in [5.41, 5.74) is 0.378. The lowest BCUT2D eigenvalue weighted by atomic mass is 10.0. The van der Waals surface area contributed by atoms with Crippen LogP contribution in [0.1, 0.15) is 30.6 Å². The van der Waals surface area contributed by atoms with Crippen LogP contribution in [0, 0.1) is 12.3 Å². The molecule has 1 atom stereocenters. The summed E-state index contributed by atoms with van der Waals surface area (Å²) in [4.78, 5) is 18.3. The molecule has 0 saturated carbocycles. The number of nitrogens with zero attached hydrogens (tertiary/aromatic N) is 2. The number of carbonyl (C=O) groups excluding carboxylic acids is 1. The van der Waals surface area contributed by atoms with E-state index >= 15 is 0 Å². The van der Waals surface area contributed by atoms with Crippen molar-refractivity contribution in [3.8, 4) is 12.3 Å². The number of morpholine rings is 1. The number of hydrogen-bond acceptors (Lipinski definition) is 4. The molecule has 1 amide bonds. The smallest absolute Gasteiger partial charge is 0.253 e. The largest absolute Gasteiger partial charge is 0.372 e. The van der Waals surface area contributed by atoms with Crippen LogP contribution in [0.2, 0.25) is 0 Å². The van der Waals surface area contributed by atoms with Gasteiger partial charge in [-0.2, -0.15) is 0 Å². The van der Waals surface area contributed by atoms with Crippen LogP contribution in [0.4, 0.5) is 5.82 Å². The Labute approximate surface area is 125 Å². The van der Waals surface area contributed by atoms with E-state index in [0.29, 0.717) is 12.2 Å². The molecule has 1 aromatic rings. The molecule has 0 aromatic carbocycles. The second-order valence-electron chi connectivity index (χ2n) is 5.37. The fourth-order valence-corrected chi connectivity index (χ4v) is 2.28. The molecule has 0 spiro atoms. The minimum Gasteiger partial charge on any atom is -0.372 e. The van der Waals surface area contributed by atoms with Gasteiger partial charge in [0, 0.05) is 19.3 Å². The maximum Gasteiger partial charge on any atom is 0.253 e. The van der Waals surface area contributed by atoms with Crippen LogP contribution in [0.3, 0.4) is 0 Å². The molecule has 5 heteroatoms. The third kappa shape index (κ3) is 3.73. The Morgan fingerprint density at radius 3 is 3.05 bits per heavy atom. The van der Waals surface area contributed by atoms with E-state index in [1.165, 1.54) is 0 Å². The topological polar surface area (TPSA) is 54.5 Å². The van der Waals surface area contributed by atoms with Gasteiger partial charge < -0.3 is 15.0 Å². The number of carbonyl (C=O) groups is 1. The summed E-state index contributed by atoms with van der Waals surface area (Å²) in [5, 5.41) is 2.62. The van der Waals surface area contributed by atoms with Crippen LogP contribution in [0.5, 0.6) is 0 Å². The minimum absolute atomic E-state index is 0.136. The summed E-state index contributed by atoms with van der Waals surface area (Å²) in [5.74, 6) is 3.04. The van der Waals surface area contributed by atoms with Crippen molar-refractivity contribution in [2.75, 3.05) is 31.1 Å². The predicted molar refractivity (Wildman–Crippen MR) is 82.3 cm³/mol. The Balaban J connectivity index is 2.05. The summed E-state index contributed by atoms with van der Waals surface area (Å²) in [7, 11) is 0. The van der Waals surface area contributed by atoms with Gasteiger partial charge in [-0.3, -0.25) is 4.79 Å². The van der Waals surface area contributed by atoms with Crippen LogP contribution in [-0.4, -0.2) is 42.7 Å². The summed E-state index contributed by atoms with van der Waals surface area (Å²) in [6.07, 6.45) is 7.65. The summed E-state index contributed by atoms with van der Waals surface area (Å²) in [6.45, 7) is 6.76. The Hall–Kier alpha value is -2.06. The van der Waals surface area contributed by atoms with E-state index in [-0.39, 0.29) is 18.1 Å². The van der Waals surface area contributed by atoms with Gasteiger partial charge in [0.2, 0.25) is 0 Å². The van der Waals surface area contributed by atoms with Gasteiger partial charge in [-0.15, -0.1) is 6.42 Å². The van der Waals surface area contributed by atoms with Crippen molar-refractivity contribution in [2.24, 2.45) is 0 Å². The molecule has 2 heterocycles. The molecular weight excluding hydrogens is 266 g/mol. The van der Waals surface area contributed by atoms with E-state index in [1.807, 2.05) is 6.07 Å². The average Bonchev–Trinajstić information content (AvgIpc) is 2.53. The zero-order chi connectivity index (χ0) is 15.3. The molecule has 1 aliphatic rings. The quantitative estimate of drug-likeness (QED) is 0.852. The van der Waals surface area contributed by atoms with E-state index in [1.54, 1.807) is 12.3 Å². The summed E-state index contributed by atoms with van der Waals surface area (Å²) < 4.78 is 5.82. The van der Waals surface area contributed by atoms with Crippen molar-refractivity contribution in [3.05, 3.63) is 23.9 Å². The molecule has 1 aliphatic heterocycles. The number of hydrogen-bond donors (Lipinski definition) is 1. The molecule has 2 rings (SSSR count). The molecule has 1 aromatic heterocycles. The lowest BCUT2D eigenvalue weighted by Crippen LogP contribution is -2.50. The van der Waals surface area contributed by atoms with Gasteiger partial charge in [0.25, 0.3) is 5.91 Å². The van der Waals surface area contributed by atoms with Gasteiger partial charge in [0.15, 0.2) is 0 Å². The first-order valence-corrected chi connectivity index (χ1v) is 7.14. The molecule has 1 N–H and O–H groups in total. The van der Waals surface area contributed by atoms with Crippen LogP contribution < -0.4 is 10.2 Å². The van der Waals surface area contributed by atoms with Crippen molar-refractivity contribution < 1.29 is 9.53 Å². The van der Waals surface area contributed by atoms with Gasteiger partial charge in [-0.25, -0.2) is 4.98 Å². The molecule has 21 heavy (non-hydrogen) atoms. The van der Waals surface area contributed by atoms with Crippen molar-refractivity contribution >= 4 is 11.7 Å². The first kappa shape index (κ1) is 15.3. The highest BCUT2D eigenvalue weighted by Gasteiger charge is 2.30. The number of pyridine rings is 1. The maximum atomic E-state index is 11.8. The number of amides is 1. The number of ether oxygens (including phenoxy) is 1. The van der Waals surface area contributed by atoms with Crippen molar-refractivity contribution in [1.29, 1.82) is 0 Å². The molecule has 0 bridgehead atoms. The second kappa shape index (κ2) is 6.59. The molecule has 1 saturated heterocycles. The number of nitrogens with one attached hydrogen (secondary N) is 1. The fourth-order valence-electron chi connectivity index (χ4n) is 2.28. The lowest BCUT2D eigenvalue weighted by Gasteiger charge is -2.40. The monoisotopic (exact) mass is 287 g/mol. The highest BCUT2D eigenvalue weighted by atomic mass is 16.5. The van der Waals surface area contributed by atoms with Crippen molar-refractivity contribution in [3.63, 3.8) is 0 Å². The third-order valence-electron chi connectivity index (χ3n) is 3.77. The van der Waals surface area contributed by atoms with Gasteiger partial charge in [-0.05, 0) is 25.5 Å². The second-order valence-corrected chi connectivity index (χ2v) is 5.37. The van der Waals surface area contributed by atoms with Crippen LogP contribution in [-0.2, 0) is 4.74 Å². The average molecular weight is 287 g/mol. The maximum absolute atomic E-state index is 11.8. The normalized spacial score (nSPS) is 21.7.